The highest BCUT2D eigenvalue weighted by atomic mass is 32.2. The Hall–Kier alpha value is -2.00. The van der Waals surface area contributed by atoms with Crippen LogP contribution in [0.15, 0.2) is 18.3 Å². The molecule has 9 heteroatoms. The first-order chi connectivity index (χ1) is 10.3. The molecule has 1 aliphatic heterocycles. The van der Waals surface area contributed by atoms with Crippen LogP contribution in [0.5, 0.6) is 0 Å². The van der Waals surface area contributed by atoms with Gasteiger partial charge in [0.2, 0.25) is 10.0 Å². The van der Waals surface area contributed by atoms with Gasteiger partial charge in [-0.15, -0.1) is 0 Å². The molecule has 0 aliphatic carbocycles. The number of carboxylic acids is 1. The van der Waals surface area contributed by atoms with Gasteiger partial charge in [0.25, 0.3) is 5.91 Å². The van der Waals surface area contributed by atoms with Gasteiger partial charge in [-0.25, -0.2) is 22.5 Å². The summed E-state index contributed by atoms with van der Waals surface area (Å²) in [4.78, 5) is 28.5. The summed E-state index contributed by atoms with van der Waals surface area (Å²) < 4.78 is 24.5. The molecule has 8 nitrogen and oxygen atoms in total. The number of hydrogen-bond donors (Lipinski definition) is 1. The predicted octanol–water partition coefficient (Wildman–Crippen LogP) is -0.113. The quantitative estimate of drug-likeness (QED) is 0.830. The minimum absolute atomic E-state index is 0.196. The first kappa shape index (κ1) is 16.4. The molecule has 1 fully saturated rings. The van der Waals surface area contributed by atoms with Crippen LogP contribution in [0, 0.1) is 0 Å². The molecule has 22 heavy (non-hydrogen) atoms. The first-order valence-corrected chi connectivity index (χ1v) is 8.57. The largest absolute Gasteiger partial charge is 0.477 e. The Morgan fingerprint density at radius 3 is 2.59 bits per heavy atom. The maximum absolute atomic E-state index is 12.4. The zero-order valence-corrected chi connectivity index (χ0v) is 12.9. The van der Waals surface area contributed by atoms with Crippen LogP contribution in [-0.4, -0.2) is 72.0 Å². The van der Waals surface area contributed by atoms with Crippen molar-refractivity contribution in [1.82, 2.24) is 14.2 Å². The summed E-state index contributed by atoms with van der Waals surface area (Å²) in [7, 11) is -3.27. The number of carbonyl (C=O) groups excluding carboxylic acids is 1. The standard InChI is InChI=1S/C13H17N3O5S/c1-22(20,21)16-6-2-5-15(7-8-16)12(17)10-3-4-14-11(9-10)13(18)19/h3-4,9H,2,5-8H2,1H3,(H,18,19). The second-order valence-corrected chi connectivity index (χ2v) is 7.03. The third-order valence-corrected chi connectivity index (χ3v) is 4.74. The van der Waals surface area contributed by atoms with Gasteiger partial charge in [0.15, 0.2) is 0 Å². The molecule has 0 atom stereocenters. The molecule has 0 unspecified atom stereocenters. The molecule has 0 saturated carbocycles. The normalized spacial score (nSPS) is 17.0. The van der Waals surface area contributed by atoms with Crippen LogP contribution >= 0.6 is 0 Å². The molecular formula is C13H17N3O5S. The van der Waals surface area contributed by atoms with E-state index in [0.29, 0.717) is 19.5 Å². The van der Waals surface area contributed by atoms with Crippen molar-refractivity contribution in [2.75, 3.05) is 32.4 Å². The molecule has 1 aliphatic rings. The van der Waals surface area contributed by atoms with E-state index in [0.717, 1.165) is 6.26 Å². The van der Waals surface area contributed by atoms with Gasteiger partial charge in [0, 0.05) is 37.9 Å². The highest BCUT2D eigenvalue weighted by Crippen LogP contribution is 2.11. The van der Waals surface area contributed by atoms with Gasteiger partial charge < -0.3 is 10.0 Å². The lowest BCUT2D eigenvalue weighted by Gasteiger charge is -2.21. The first-order valence-electron chi connectivity index (χ1n) is 6.73. The third kappa shape index (κ3) is 3.80. The van der Waals surface area contributed by atoms with Gasteiger partial charge in [-0.05, 0) is 18.6 Å². The molecule has 0 spiro atoms. The molecule has 2 rings (SSSR count). The second kappa shape index (κ2) is 6.41. The Kier molecular flexibility index (Phi) is 4.77. The Balaban J connectivity index is 2.13. The monoisotopic (exact) mass is 327 g/mol. The smallest absolute Gasteiger partial charge is 0.354 e. The summed E-state index contributed by atoms with van der Waals surface area (Å²) in [6, 6.07) is 2.68. The van der Waals surface area contributed by atoms with E-state index in [-0.39, 0.29) is 30.3 Å². The number of aromatic carboxylic acids is 1. The van der Waals surface area contributed by atoms with Gasteiger partial charge in [-0.2, -0.15) is 0 Å². The van der Waals surface area contributed by atoms with Crippen LogP contribution in [0.1, 0.15) is 27.3 Å². The SMILES string of the molecule is CS(=O)(=O)N1CCCN(C(=O)c2ccnc(C(=O)O)c2)CC1. The highest BCUT2D eigenvalue weighted by Gasteiger charge is 2.24. The third-order valence-electron chi connectivity index (χ3n) is 3.44. The van der Waals surface area contributed by atoms with Crippen molar-refractivity contribution in [1.29, 1.82) is 0 Å². The molecule has 2 heterocycles. The van der Waals surface area contributed by atoms with Crippen molar-refractivity contribution in [3.05, 3.63) is 29.6 Å². The maximum Gasteiger partial charge on any atom is 0.354 e. The van der Waals surface area contributed by atoms with Crippen molar-refractivity contribution in [3.63, 3.8) is 0 Å². The fourth-order valence-corrected chi connectivity index (χ4v) is 3.17. The van der Waals surface area contributed by atoms with E-state index >= 15 is 0 Å². The lowest BCUT2D eigenvalue weighted by molar-refractivity contribution is 0.0690. The minimum atomic E-state index is -3.27. The Morgan fingerprint density at radius 1 is 1.23 bits per heavy atom. The maximum atomic E-state index is 12.4. The summed E-state index contributed by atoms with van der Waals surface area (Å²) in [6.45, 7) is 1.31. The number of pyridine rings is 1. The van der Waals surface area contributed by atoms with Gasteiger partial charge in [0.05, 0.1) is 6.26 Å². The van der Waals surface area contributed by atoms with E-state index in [9.17, 15) is 18.0 Å². The van der Waals surface area contributed by atoms with Gasteiger partial charge in [-0.3, -0.25) is 4.79 Å². The molecule has 0 radical (unpaired) electrons. The zero-order valence-electron chi connectivity index (χ0n) is 12.1. The van der Waals surface area contributed by atoms with Crippen LogP contribution in [0.2, 0.25) is 0 Å². The van der Waals surface area contributed by atoms with Crippen LogP contribution < -0.4 is 0 Å². The second-order valence-electron chi connectivity index (χ2n) is 5.04. The van der Waals surface area contributed by atoms with Crippen molar-refractivity contribution in [3.8, 4) is 0 Å². The molecule has 1 N–H and O–H groups in total. The van der Waals surface area contributed by atoms with Gasteiger partial charge in [-0.1, -0.05) is 0 Å². The van der Waals surface area contributed by atoms with Crippen molar-refractivity contribution in [2.24, 2.45) is 0 Å². The molecule has 1 amide bonds. The highest BCUT2D eigenvalue weighted by molar-refractivity contribution is 7.88. The molecular weight excluding hydrogens is 310 g/mol. The lowest BCUT2D eigenvalue weighted by atomic mass is 10.2. The van der Waals surface area contributed by atoms with E-state index in [1.807, 2.05) is 0 Å². The number of nitrogens with zero attached hydrogens (tertiary/aromatic N) is 3. The van der Waals surface area contributed by atoms with Crippen molar-refractivity contribution < 1.29 is 23.1 Å². The molecule has 1 aromatic heterocycles. The summed E-state index contributed by atoms with van der Waals surface area (Å²) in [6.07, 6.45) is 2.96. The fraction of sp³-hybridized carbons (Fsp3) is 0.462. The van der Waals surface area contributed by atoms with E-state index < -0.39 is 16.0 Å². The number of carboxylic acid groups (broad SMARTS) is 1. The Morgan fingerprint density at radius 2 is 1.95 bits per heavy atom. The molecule has 120 valence electrons. The van der Waals surface area contributed by atoms with Crippen LogP contribution in [-0.2, 0) is 10.0 Å². The Bertz CT molecular complexity index is 689. The number of hydrogen-bond acceptors (Lipinski definition) is 5. The van der Waals surface area contributed by atoms with E-state index in [1.54, 1.807) is 0 Å². The van der Waals surface area contributed by atoms with E-state index in [2.05, 4.69) is 4.98 Å². The number of sulfonamides is 1. The number of carbonyl (C=O) groups is 2. The zero-order chi connectivity index (χ0) is 16.3. The summed E-state index contributed by atoms with van der Waals surface area (Å²) in [5.74, 6) is -1.52. The summed E-state index contributed by atoms with van der Waals surface area (Å²) in [5.41, 5.74) is 0.0404. The van der Waals surface area contributed by atoms with Gasteiger partial charge >= 0.3 is 5.97 Å². The van der Waals surface area contributed by atoms with E-state index in [4.69, 9.17) is 5.11 Å². The van der Waals surface area contributed by atoms with E-state index in [1.165, 1.54) is 27.5 Å². The van der Waals surface area contributed by atoms with Crippen LogP contribution in [0.4, 0.5) is 0 Å². The Labute approximate surface area is 128 Å². The van der Waals surface area contributed by atoms with Crippen LogP contribution in [0.25, 0.3) is 0 Å². The molecule has 1 aromatic rings. The lowest BCUT2D eigenvalue weighted by Crippen LogP contribution is -2.37. The molecule has 1 saturated heterocycles. The molecule has 0 bridgehead atoms. The number of aromatic nitrogens is 1. The van der Waals surface area contributed by atoms with Crippen molar-refractivity contribution in [2.45, 2.75) is 6.42 Å². The predicted molar refractivity (Wildman–Crippen MR) is 78.1 cm³/mol. The van der Waals surface area contributed by atoms with Crippen molar-refractivity contribution >= 4 is 21.9 Å². The van der Waals surface area contributed by atoms with Gasteiger partial charge in [0.1, 0.15) is 5.69 Å². The molecule has 0 aromatic carbocycles. The average molecular weight is 327 g/mol. The average Bonchev–Trinajstić information content (AvgIpc) is 2.72. The number of amides is 1. The van der Waals surface area contributed by atoms with Crippen LogP contribution in [0.3, 0.4) is 0 Å². The summed E-state index contributed by atoms with van der Waals surface area (Å²) in [5, 5.41) is 8.91. The summed E-state index contributed by atoms with van der Waals surface area (Å²) >= 11 is 0. The fourth-order valence-electron chi connectivity index (χ4n) is 2.29. The minimum Gasteiger partial charge on any atom is -0.477 e. The number of rotatable bonds is 3. The topological polar surface area (TPSA) is 108 Å².